The summed E-state index contributed by atoms with van der Waals surface area (Å²) in [6, 6.07) is 2.75. The number of alkyl halides is 3. The van der Waals surface area contributed by atoms with E-state index in [2.05, 4.69) is 0 Å². The molecule has 0 aromatic carbocycles. The topological polar surface area (TPSA) is 42.2 Å². The molecule has 0 bridgehead atoms. The second-order valence-electron chi connectivity index (χ2n) is 3.44. The summed E-state index contributed by atoms with van der Waals surface area (Å²) in [6.45, 7) is 1.06. The van der Waals surface area contributed by atoms with Crippen LogP contribution in [0.2, 0.25) is 0 Å². The fraction of sp³-hybridized carbons (Fsp3) is 0.500. The molecule has 0 aliphatic heterocycles. The molecule has 16 heavy (non-hydrogen) atoms. The number of halogens is 3. The van der Waals surface area contributed by atoms with Crippen molar-refractivity contribution in [3.63, 3.8) is 0 Å². The van der Waals surface area contributed by atoms with Gasteiger partial charge in [0.25, 0.3) is 5.56 Å². The van der Waals surface area contributed by atoms with Crippen LogP contribution in [-0.4, -0.2) is 22.0 Å². The molecule has 3 nitrogen and oxygen atoms in total. The van der Waals surface area contributed by atoms with Crippen molar-refractivity contribution in [1.82, 2.24) is 4.57 Å². The lowest BCUT2D eigenvalue weighted by Crippen LogP contribution is -2.36. The van der Waals surface area contributed by atoms with Crippen LogP contribution < -0.4 is 5.56 Å². The molecular formula is C10H12F3NO2. The molecule has 0 saturated heterocycles. The minimum absolute atomic E-state index is 0.555. The zero-order valence-corrected chi connectivity index (χ0v) is 8.66. The minimum Gasteiger partial charge on any atom is -0.382 e. The van der Waals surface area contributed by atoms with Crippen LogP contribution in [0, 0.1) is 0 Å². The largest absolute Gasteiger partial charge is 0.416 e. The van der Waals surface area contributed by atoms with E-state index in [9.17, 15) is 18.0 Å². The summed E-state index contributed by atoms with van der Waals surface area (Å²) in [5.41, 5.74) is 0.189. The number of aliphatic hydroxyl groups excluding tert-OH is 1. The number of aryl methyl sites for hydroxylation is 1. The molecule has 0 aliphatic carbocycles. The zero-order valence-electron chi connectivity index (χ0n) is 8.66. The monoisotopic (exact) mass is 235 g/mol. The summed E-state index contributed by atoms with van der Waals surface area (Å²) in [5.74, 6) is 0. The van der Waals surface area contributed by atoms with Crippen molar-refractivity contribution in [3.05, 3.63) is 34.2 Å². The van der Waals surface area contributed by atoms with Crippen LogP contribution >= 0.6 is 0 Å². The summed E-state index contributed by atoms with van der Waals surface area (Å²) >= 11 is 0. The van der Waals surface area contributed by atoms with Crippen molar-refractivity contribution in [3.8, 4) is 0 Å². The summed E-state index contributed by atoms with van der Waals surface area (Å²) in [7, 11) is 0. The van der Waals surface area contributed by atoms with Crippen molar-refractivity contribution in [2.24, 2.45) is 0 Å². The third-order valence-corrected chi connectivity index (χ3v) is 2.20. The SMILES string of the molecule is CCc1ccc(=O)n(CC(O)C(F)(F)F)c1. The Balaban J connectivity index is 2.92. The van der Waals surface area contributed by atoms with Gasteiger partial charge in [-0.15, -0.1) is 0 Å². The maximum atomic E-state index is 12.1. The van der Waals surface area contributed by atoms with E-state index in [1.807, 2.05) is 6.92 Å². The Morgan fingerprint density at radius 1 is 1.44 bits per heavy atom. The van der Waals surface area contributed by atoms with Crippen molar-refractivity contribution in [1.29, 1.82) is 0 Å². The van der Waals surface area contributed by atoms with Crippen LogP contribution in [0.3, 0.4) is 0 Å². The van der Waals surface area contributed by atoms with Crippen molar-refractivity contribution >= 4 is 0 Å². The van der Waals surface area contributed by atoms with Gasteiger partial charge in [-0.25, -0.2) is 0 Å². The molecule has 1 unspecified atom stereocenters. The number of pyridine rings is 1. The third kappa shape index (κ3) is 3.10. The molecule has 0 amide bonds. The normalized spacial score (nSPS) is 13.8. The highest BCUT2D eigenvalue weighted by Gasteiger charge is 2.38. The van der Waals surface area contributed by atoms with Crippen LogP contribution in [0.4, 0.5) is 13.2 Å². The first-order valence-electron chi connectivity index (χ1n) is 4.78. The first-order chi connectivity index (χ1) is 7.34. The molecule has 1 heterocycles. The predicted molar refractivity (Wildman–Crippen MR) is 52.1 cm³/mol. The standard InChI is InChI=1S/C10H12F3NO2/c1-2-7-3-4-9(16)14(5-7)6-8(15)10(11,12)13/h3-5,8,15H,2,6H2,1H3. The highest BCUT2D eigenvalue weighted by atomic mass is 19.4. The van der Waals surface area contributed by atoms with Crippen LogP contribution in [0.15, 0.2) is 23.1 Å². The lowest BCUT2D eigenvalue weighted by molar-refractivity contribution is -0.207. The first-order valence-corrected chi connectivity index (χ1v) is 4.78. The van der Waals surface area contributed by atoms with E-state index in [-0.39, 0.29) is 0 Å². The Hall–Kier alpha value is -1.30. The van der Waals surface area contributed by atoms with E-state index in [1.165, 1.54) is 12.3 Å². The van der Waals surface area contributed by atoms with Gasteiger partial charge in [-0.3, -0.25) is 4.79 Å². The van der Waals surface area contributed by atoms with Crippen LogP contribution in [0.25, 0.3) is 0 Å². The Kier molecular flexibility index (Phi) is 3.74. The van der Waals surface area contributed by atoms with E-state index in [0.717, 1.165) is 10.1 Å². The molecule has 0 aliphatic rings. The lowest BCUT2D eigenvalue weighted by Gasteiger charge is -2.16. The molecule has 0 saturated carbocycles. The van der Waals surface area contributed by atoms with E-state index in [1.54, 1.807) is 6.07 Å². The van der Waals surface area contributed by atoms with Gasteiger partial charge in [-0.05, 0) is 12.0 Å². The average Bonchev–Trinajstić information content (AvgIpc) is 2.19. The van der Waals surface area contributed by atoms with Crippen LogP contribution in [0.5, 0.6) is 0 Å². The van der Waals surface area contributed by atoms with E-state index >= 15 is 0 Å². The molecule has 0 radical (unpaired) electrons. The second kappa shape index (κ2) is 4.69. The van der Waals surface area contributed by atoms with E-state index < -0.39 is 24.4 Å². The first kappa shape index (κ1) is 12.8. The second-order valence-corrected chi connectivity index (χ2v) is 3.44. The molecule has 1 aromatic rings. The van der Waals surface area contributed by atoms with Gasteiger partial charge >= 0.3 is 6.18 Å². The Bertz CT molecular complexity index is 411. The quantitative estimate of drug-likeness (QED) is 0.858. The highest BCUT2D eigenvalue weighted by Crippen LogP contribution is 2.20. The fourth-order valence-electron chi connectivity index (χ4n) is 1.22. The number of nitrogens with zero attached hydrogens (tertiary/aromatic N) is 1. The lowest BCUT2D eigenvalue weighted by atomic mass is 10.2. The summed E-state index contributed by atoms with van der Waals surface area (Å²) in [4.78, 5) is 11.2. The average molecular weight is 235 g/mol. The fourth-order valence-corrected chi connectivity index (χ4v) is 1.22. The van der Waals surface area contributed by atoms with E-state index in [0.29, 0.717) is 6.42 Å². The van der Waals surface area contributed by atoms with Crippen LogP contribution in [-0.2, 0) is 13.0 Å². The van der Waals surface area contributed by atoms with Gasteiger partial charge in [-0.2, -0.15) is 13.2 Å². The van der Waals surface area contributed by atoms with Crippen molar-refractivity contribution in [2.45, 2.75) is 32.2 Å². The number of hydrogen-bond donors (Lipinski definition) is 1. The molecule has 0 fully saturated rings. The number of aliphatic hydroxyl groups is 1. The van der Waals surface area contributed by atoms with Crippen LogP contribution in [0.1, 0.15) is 12.5 Å². The maximum absolute atomic E-state index is 12.1. The molecule has 0 spiro atoms. The van der Waals surface area contributed by atoms with E-state index in [4.69, 9.17) is 5.11 Å². The zero-order chi connectivity index (χ0) is 12.3. The molecule has 6 heteroatoms. The number of rotatable bonds is 3. The van der Waals surface area contributed by atoms with Gasteiger partial charge in [0.05, 0.1) is 6.54 Å². The van der Waals surface area contributed by atoms with Gasteiger partial charge in [0.1, 0.15) is 0 Å². The van der Waals surface area contributed by atoms with Crippen molar-refractivity contribution < 1.29 is 18.3 Å². The highest BCUT2D eigenvalue weighted by molar-refractivity contribution is 5.09. The summed E-state index contributed by atoms with van der Waals surface area (Å²) < 4.78 is 37.1. The maximum Gasteiger partial charge on any atom is 0.416 e. The van der Waals surface area contributed by atoms with Gasteiger partial charge in [0.2, 0.25) is 0 Å². The van der Waals surface area contributed by atoms with Gasteiger partial charge < -0.3 is 9.67 Å². The smallest absolute Gasteiger partial charge is 0.382 e. The Morgan fingerprint density at radius 3 is 2.56 bits per heavy atom. The Labute approximate surface area is 90.1 Å². The third-order valence-electron chi connectivity index (χ3n) is 2.20. The van der Waals surface area contributed by atoms with Crippen molar-refractivity contribution in [2.75, 3.05) is 0 Å². The van der Waals surface area contributed by atoms with Gasteiger partial charge in [0.15, 0.2) is 6.10 Å². The summed E-state index contributed by atoms with van der Waals surface area (Å²) in [6.07, 6.45) is -5.28. The van der Waals surface area contributed by atoms with Gasteiger partial charge in [0, 0.05) is 12.3 Å². The summed E-state index contributed by atoms with van der Waals surface area (Å²) in [5, 5.41) is 8.84. The molecule has 1 aromatic heterocycles. The Morgan fingerprint density at radius 2 is 2.06 bits per heavy atom. The molecule has 1 atom stereocenters. The molecule has 1 N–H and O–H groups in total. The molecular weight excluding hydrogens is 223 g/mol. The number of hydrogen-bond acceptors (Lipinski definition) is 2. The molecule has 90 valence electrons. The minimum atomic E-state index is -4.71. The molecule has 1 rings (SSSR count). The predicted octanol–water partition coefficient (Wildman–Crippen LogP) is 1.33. The van der Waals surface area contributed by atoms with Gasteiger partial charge in [-0.1, -0.05) is 13.0 Å². The number of aromatic nitrogens is 1.